The highest BCUT2D eigenvalue weighted by Gasteiger charge is 2.39. The second-order valence-corrected chi connectivity index (χ2v) is 8.00. The summed E-state index contributed by atoms with van der Waals surface area (Å²) >= 11 is 1.90. The van der Waals surface area contributed by atoms with Crippen molar-refractivity contribution in [1.82, 2.24) is 4.98 Å². The molecule has 3 heteroatoms. The van der Waals surface area contributed by atoms with Crippen LogP contribution in [0, 0.1) is 5.41 Å². The fourth-order valence-corrected chi connectivity index (χ4v) is 4.46. The summed E-state index contributed by atoms with van der Waals surface area (Å²) in [5, 5.41) is 1.23. The number of hydrogen-bond acceptors (Lipinski definition) is 3. The van der Waals surface area contributed by atoms with E-state index >= 15 is 0 Å². The number of nitrogens with zero attached hydrogens (tertiary/aromatic N) is 1. The van der Waals surface area contributed by atoms with Gasteiger partial charge in [0, 0.05) is 4.88 Å². The summed E-state index contributed by atoms with van der Waals surface area (Å²) in [6, 6.07) is 0. The van der Waals surface area contributed by atoms with E-state index in [4.69, 9.17) is 10.7 Å². The molecule has 1 aromatic heterocycles. The third kappa shape index (κ3) is 2.23. The van der Waals surface area contributed by atoms with Crippen molar-refractivity contribution < 1.29 is 0 Å². The predicted octanol–water partition coefficient (Wildman–Crippen LogP) is 3.78. The van der Waals surface area contributed by atoms with E-state index < -0.39 is 0 Å². The Balaban J connectivity index is 1.84. The third-order valence-corrected chi connectivity index (χ3v) is 6.14. The molecule has 0 unspecified atom stereocenters. The van der Waals surface area contributed by atoms with Crippen LogP contribution in [0.4, 0.5) is 0 Å². The maximum Gasteiger partial charge on any atom is 0.113 e. The van der Waals surface area contributed by atoms with Crippen molar-refractivity contribution >= 4 is 11.3 Å². The number of rotatable bonds is 1. The molecule has 2 N–H and O–H groups in total. The largest absolute Gasteiger partial charge is 0.319 e. The number of aryl methyl sites for hydroxylation is 2. The van der Waals surface area contributed by atoms with Gasteiger partial charge in [-0.05, 0) is 56.8 Å². The zero-order chi connectivity index (χ0) is 12.8. The molecule has 0 spiro atoms. The van der Waals surface area contributed by atoms with Crippen LogP contribution >= 0.6 is 11.3 Å². The summed E-state index contributed by atoms with van der Waals surface area (Å²) in [4.78, 5) is 6.41. The van der Waals surface area contributed by atoms with Crippen LogP contribution in [0.25, 0.3) is 0 Å². The van der Waals surface area contributed by atoms with Gasteiger partial charge < -0.3 is 5.73 Å². The summed E-state index contributed by atoms with van der Waals surface area (Å²) in [5.74, 6) is 0. The molecule has 18 heavy (non-hydrogen) atoms. The van der Waals surface area contributed by atoms with Gasteiger partial charge in [-0.25, -0.2) is 4.98 Å². The predicted molar refractivity (Wildman–Crippen MR) is 76.9 cm³/mol. The van der Waals surface area contributed by atoms with E-state index in [0.717, 1.165) is 12.8 Å². The fourth-order valence-electron chi connectivity index (χ4n) is 3.15. The van der Waals surface area contributed by atoms with Crippen LogP contribution in [0.2, 0.25) is 0 Å². The van der Waals surface area contributed by atoms with Crippen molar-refractivity contribution in [1.29, 1.82) is 0 Å². The maximum atomic E-state index is 6.66. The highest BCUT2D eigenvalue weighted by atomic mass is 32.1. The van der Waals surface area contributed by atoms with Crippen LogP contribution < -0.4 is 5.73 Å². The first-order valence-electron chi connectivity index (χ1n) is 7.27. The first-order chi connectivity index (χ1) is 8.49. The Morgan fingerprint density at radius 1 is 1.06 bits per heavy atom. The summed E-state index contributed by atoms with van der Waals surface area (Å²) < 4.78 is 0. The van der Waals surface area contributed by atoms with Gasteiger partial charge in [0.1, 0.15) is 5.01 Å². The second-order valence-electron chi connectivity index (χ2n) is 6.92. The van der Waals surface area contributed by atoms with Gasteiger partial charge in [-0.3, -0.25) is 0 Å². The SMILES string of the molecule is CC1(C)CCC(N)(c2nc3c(s2)CCCC3)CC1. The van der Waals surface area contributed by atoms with Gasteiger partial charge in [-0.2, -0.15) is 0 Å². The van der Waals surface area contributed by atoms with Gasteiger partial charge in [-0.1, -0.05) is 13.8 Å². The molecule has 0 saturated heterocycles. The Morgan fingerprint density at radius 3 is 2.39 bits per heavy atom. The van der Waals surface area contributed by atoms with Crippen molar-refractivity contribution in [2.45, 2.75) is 70.8 Å². The van der Waals surface area contributed by atoms with Crippen molar-refractivity contribution in [3.05, 3.63) is 15.6 Å². The molecule has 2 aliphatic carbocycles. The lowest BCUT2D eigenvalue weighted by molar-refractivity contribution is 0.165. The smallest absolute Gasteiger partial charge is 0.113 e. The van der Waals surface area contributed by atoms with Crippen molar-refractivity contribution in [3.8, 4) is 0 Å². The van der Waals surface area contributed by atoms with Gasteiger partial charge in [0.05, 0.1) is 11.2 Å². The zero-order valence-electron chi connectivity index (χ0n) is 11.6. The Labute approximate surface area is 114 Å². The van der Waals surface area contributed by atoms with Crippen LogP contribution in [-0.4, -0.2) is 4.98 Å². The lowest BCUT2D eigenvalue weighted by Crippen LogP contribution is -2.42. The third-order valence-electron chi connectivity index (χ3n) is 4.77. The molecule has 0 aromatic carbocycles. The fraction of sp³-hybridized carbons (Fsp3) is 0.800. The minimum atomic E-state index is -0.127. The molecular weight excluding hydrogens is 240 g/mol. The summed E-state index contributed by atoms with van der Waals surface area (Å²) in [5.41, 5.74) is 8.36. The number of fused-ring (bicyclic) bond motifs is 1. The molecule has 1 heterocycles. The lowest BCUT2D eigenvalue weighted by atomic mass is 9.70. The topological polar surface area (TPSA) is 38.9 Å². The lowest BCUT2D eigenvalue weighted by Gasteiger charge is -2.40. The standard InChI is InChI=1S/C15H24N2S/c1-14(2)7-9-15(16,10-8-14)13-17-11-5-3-4-6-12(11)18-13/h3-10,16H2,1-2H3. The summed E-state index contributed by atoms with van der Waals surface area (Å²) in [6.07, 6.45) is 9.71. The van der Waals surface area contributed by atoms with E-state index in [1.165, 1.54) is 54.1 Å². The summed E-state index contributed by atoms with van der Waals surface area (Å²) in [6.45, 7) is 4.72. The first-order valence-corrected chi connectivity index (χ1v) is 8.08. The average molecular weight is 264 g/mol. The Bertz CT molecular complexity index is 414. The maximum absolute atomic E-state index is 6.66. The number of thiazole rings is 1. The Kier molecular flexibility index (Phi) is 3.02. The molecule has 2 nitrogen and oxygen atoms in total. The number of hydrogen-bond donors (Lipinski definition) is 1. The van der Waals surface area contributed by atoms with E-state index in [-0.39, 0.29) is 5.54 Å². The molecule has 0 amide bonds. The minimum Gasteiger partial charge on any atom is -0.319 e. The highest BCUT2D eigenvalue weighted by Crippen LogP contribution is 2.45. The second kappa shape index (κ2) is 4.31. The van der Waals surface area contributed by atoms with E-state index in [0.29, 0.717) is 5.41 Å². The molecule has 0 aliphatic heterocycles. The molecule has 100 valence electrons. The minimum absolute atomic E-state index is 0.127. The monoisotopic (exact) mass is 264 g/mol. The Morgan fingerprint density at radius 2 is 1.72 bits per heavy atom. The quantitative estimate of drug-likeness (QED) is 0.838. The van der Waals surface area contributed by atoms with Gasteiger partial charge in [0.2, 0.25) is 0 Å². The van der Waals surface area contributed by atoms with Gasteiger partial charge >= 0.3 is 0 Å². The van der Waals surface area contributed by atoms with Gasteiger partial charge in [0.15, 0.2) is 0 Å². The van der Waals surface area contributed by atoms with Crippen molar-refractivity contribution in [3.63, 3.8) is 0 Å². The zero-order valence-corrected chi connectivity index (χ0v) is 12.4. The normalized spacial score (nSPS) is 25.7. The van der Waals surface area contributed by atoms with Crippen LogP contribution in [0.1, 0.15) is 68.0 Å². The highest BCUT2D eigenvalue weighted by molar-refractivity contribution is 7.11. The molecule has 1 aromatic rings. The molecule has 3 rings (SSSR count). The van der Waals surface area contributed by atoms with Gasteiger partial charge in [0.25, 0.3) is 0 Å². The van der Waals surface area contributed by atoms with Crippen LogP contribution in [-0.2, 0) is 18.4 Å². The number of aromatic nitrogens is 1. The van der Waals surface area contributed by atoms with Gasteiger partial charge in [-0.15, -0.1) is 11.3 Å². The molecule has 0 atom stereocenters. The summed E-state index contributed by atoms with van der Waals surface area (Å²) in [7, 11) is 0. The average Bonchev–Trinajstić information content (AvgIpc) is 2.78. The van der Waals surface area contributed by atoms with E-state index in [1.807, 2.05) is 11.3 Å². The van der Waals surface area contributed by atoms with Crippen LogP contribution in [0.5, 0.6) is 0 Å². The van der Waals surface area contributed by atoms with E-state index in [9.17, 15) is 0 Å². The van der Waals surface area contributed by atoms with Crippen LogP contribution in [0.15, 0.2) is 0 Å². The molecule has 2 aliphatic rings. The number of nitrogens with two attached hydrogens (primary N) is 1. The van der Waals surface area contributed by atoms with Crippen molar-refractivity contribution in [2.75, 3.05) is 0 Å². The first kappa shape index (κ1) is 12.6. The Hall–Kier alpha value is -0.410. The molecule has 1 fully saturated rings. The van der Waals surface area contributed by atoms with Crippen LogP contribution in [0.3, 0.4) is 0 Å². The molecule has 0 bridgehead atoms. The van der Waals surface area contributed by atoms with E-state index in [2.05, 4.69) is 13.8 Å². The molecule has 0 radical (unpaired) electrons. The molecule has 1 saturated carbocycles. The molecular formula is C15H24N2S. The van der Waals surface area contributed by atoms with Crippen molar-refractivity contribution in [2.24, 2.45) is 11.1 Å². The van der Waals surface area contributed by atoms with E-state index in [1.54, 1.807) is 0 Å².